The van der Waals surface area contributed by atoms with Crippen molar-refractivity contribution in [2.45, 2.75) is 19.1 Å². The number of carboxylic acid groups (broad SMARTS) is 1. The Morgan fingerprint density at radius 1 is 1.33 bits per heavy atom. The lowest BCUT2D eigenvalue weighted by Crippen LogP contribution is -2.51. The van der Waals surface area contributed by atoms with Gasteiger partial charge >= 0.3 is 5.97 Å². The quantitative estimate of drug-likeness (QED) is 0.924. The van der Waals surface area contributed by atoms with Crippen molar-refractivity contribution in [2.75, 3.05) is 13.1 Å². The van der Waals surface area contributed by atoms with Gasteiger partial charge in [-0.25, -0.2) is 4.79 Å². The minimum Gasteiger partial charge on any atom is -0.479 e. The molecule has 2 heterocycles. The number of morpholine rings is 1. The standard InChI is InChI=1S/C15H15NO4S/c1-9-7-16(8-11(20-9)15(18)19)14(17)13-6-10-4-2-3-5-12(10)21-13/h2-6,9,11H,7-8H2,1H3,(H,18,19)/t9-,11?/m1/s1. The summed E-state index contributed by atoms with van der Waals surface area (Å²) in [6.45, 7) is 2.28. The van der Waals surface area contributed by atoms with Crippen molar-refractivity contribution < 1.29 is 19.4 Å². The third-order valence-electron chi connectivity index (χ3n) is 3.46. The molecule has 1 aromatic carbocycles. The second-order valence-electron chi connectivity index (χ2n) is 5.13. The maximum atomic E-state index is 12.6. The Balaban J connectivity index is 1.85. The van der Waals surface area contributed by atoms with E-state index in [0.717, 1.165) is 10.1 Å². The first kappa shape index (κ1) is 14.0. The van der Waals surface area contributed by atoms with Crippen molar-refractivity contribution in [3.05, 3.63) is 35.2 Å². The van der Waals surface area contributed by atoms with Crippen LogP contribution in [0, 0.1) is 0 Å². The van der Waals surface area contributed by atoms with Crippen LogP contribution in [-0.2, 0) is 9.53 Å². The molecule has 0 radical (unpaired) electrons. The highest BCUT2D eigenvalue weighted by atomic mass is 32.1. The monoisotopic (exact) mass is 305 g/mol. The van der Waals surface area contributed by atoms with Gasteiger partial charge in [-0.3, -0.25) is 4.79 Å². The molecule has 1 amide bonds. The third-order valence-corrected chi connectivity index (χ3v) is 4.56. The van der Waals surface area contributed by atoms with E-state index in [0.29, 0.717) is 11.4 Å². The lowest BCUT2D eigenvalue weighted by atomic mass is 10.2. The summed E-state index contributed by atoms with van der Waals surface area (Å²) in [7, 11) is 0. The highest BCUT2D eigenvalue weighted by Crippen LogP contribution is 2.27. The molecule has 6 heteroatoms. The minimum atomic E-state index is -1.03. The number of nitrogens with zero attached hydrogens (tertiary/aromatic N) is 1. The number of amides is 1. The van der Waals surface area contributed by atoms with E-state index in [2.05, 4.69) is 0 Å². The highest BCUT2D eigenvalue weighted by Gasteiger charge is 2.33. The highest BCUT2D eigenvalue weighted by molar-refractivity contribution is 7.20. The molecule has 1 saturated heterocycles. The normalized spacial score (nSPS) is 22.4. The number of hydrogen-bond acceptors (Lipinski definition) is 4. The molecule has 3 rings (SSSR count). The largest absolute Gasteiger partial charge is 0.479 e. The first-order valence-electron chi connectivity index (χ1n) is 6.70. The van der Waals surface area contributed by atoms with Crippen LogP contribution in [0.25, 0.3) is 10.1 Å². The molecule has 110 valence electrons. The van der Waals surface area contributed by atoms with E-state index in [1.807, 2.05) is 30.3 Å². The Kier molecular flexibility index (Phi) is 3.65. The smallest absolute Gasteiger partial charge is 0.334 e. The maximum Gasteiger partial charge on any atom is 0.334 e. The Hall–Kier alpha value is -1.92. The molecule has 2 aromatic rings. The topological polar surface area (TPSA) is 66.8 Å². The van der Waals surface area contributed by atoms with Crippen molar-refractivity contribution in [1.82, 2.24) is 4.90 Å². The Labute approximate surface area is 125 Å². The van der Waals surface area contributed by atoms with Gasteiger partial charge in [0, 0.05) is 11.2 Å². The molecule has 1 aliphatic rings. The zero-order valence-corrected chi connectivity index (χ0v) is 12.3. The SMILES string of the molecule is C[C@@H]1CN(C(=O)c2cc3ccccc3s2)CC(C(=O)O)O1. The zero-order chi connectivity index (χ0) is 15.0. The number of carbonyl (C=O) groups excluding carboxylic acids is 1. The number of aliphatic carboxylic acids is 1. The van der Waals surface area contributed by atoms with Crippen LogP contribution >= 0.6 is 11.3 Å². The van der Waals surface area contributed by atoms with E-state index < -0.39 is 12.1 Å². The van der Waals surface area contributed by atoms with Crippen molar-refractivity contribution in [2.24, 2.45) is 0 Å². The van der Waals surface area contributed by atoms with Gasteiger partial charge in [0.25, 0.3) is 5.91 Å². The van der Waals surface area contributed by atoms with Crippen molar-refractivity contribution in [1.29, 1.82) is 0 Å². The molecule has 1 aromatic heterocycles. The second kappa shape index (κ2) is 5.46. The lowest BCUT2D eigenvalue weighted by Gasteiger charge is -2.34. The third kappa shape index (κ3) is 2.77. The molecule has 1 N–H and O–H groups in total. The second-order valence-corrected chi connectivity index (χ2v) is 6.22. The molecule has 0 saturated carbocycles. The van der Waals surface area contributed by atoms with Crippen LogP contribution in [0.3, 0.4) is 0 Å². The number of carbonyl (C=O) groups is 2. The average molecular weight is 305 g/mol. The van der Waals surface area contributed by atoms with Crippen LogP contribution in [0.2, 0.25) is 0 Å². The van der Waals surface area contributed by atoms with E-state index in [4.69, 9.17) is 9.84 Å². The van der Waals surface area contributed by atoms with Crippen LogP contribution in [-0.4, -0.2) is 47.2 Å². The summed E-state index contributed by atoms with van der Waals surface area (Å²) in [6, 6.07) is 9.66. The summed E-state index contributed by atoms with van der Waals surface area (Å²) in [4.78, 5) is 25.9. The summed E-state index contributed by atoms with van der Waals surface area (Å²) >= 11 is 1.43. The molecule has 1 fully saturated rings. The molecular weight excluding hydrogens is 290 g/mol. The predicted octanol–water partition coefficient (Wildman–Crippen LogP) is 2.22. The minimum absolute atomic E-state index is 0.0900. The number of rotatable bonds is 2. The maximum absolute atomic E-state index is 12.6. The summed E-state index contributed by atoms with van der Waals surface area (Å²) in [5, 5.41) is 10.1. The first-order chi connectivity index (χ1) is 10.0. The van der Waals surface area contributed by atoms with Gasteiger partial charge < -0.3 is 14.7 Å². The molecular formula is C15H15NO4S. The number of carboxylic acids is 1. The predicted molar refractivity (Wildman–Crippen MR) is 79.7 cm³/mol. The fourth-order valence-corrected chi connectivity index (χ4v) is 3.53. The van der Waals surface area contributed by atoms with Crippen molar-refractivity contribution in [3.8, 4) is 0 Å². The molecule has 1 unspecified atom stereocenters. The van der Waals surface area contributed by atoms with E-state index in [-0.39, 0.29) is 18.6 Å². The fourth-order valence-electron chi connectivity index (χ4n) is 2.50. The summed E-state index contributed by atoms with van der Waals surface area (Å²) in [6.07, 6.45) is -1.23. The van der Waals surface area contributed by atoms with E-state index in [1.165, 1.54) is 11.3 Å². The lowest BCUT2D eigenvalue weighted by molar-refractivity contribution is -0.160. The number of fused-ring (bicyclic) bond motifs is 1. The van der Waals surface area contributed by atoms with Crippen LogP contribution in [0.1, 0.15) is 16.6 Å². The fraction of sp³-hybridized carbons (Fsp3) is 0.333. The molecule has 0 bridgehead atoms. The van der Waals surface area contributed by atoms with Crippen molar-refractivity contribution >= 4 is 33.3 Å². The number of benzene rings is 1. The van der Waals surface area contributed by atoms with Gasteiger partial charge in [0.1, 0.15) is 0 Å². The summed E-state index contributed by atoms with van der Waals surface area (Å²) in [5.41, 5.74) is 0. The number of ether oxygens (including phenoxy) is 1. The van der Waals surface area contributed by atoms with Gasteiger partial charge in [0.2, 0.25) is 0 Å². The van der Waals surface area contributed by atoms with Crippen LogP contribution in [0.5, 0.6) is 0 Å². The molecule has 5 nitrogen and oxygen atoms in total. The number of hydrogen-bond donors (Lipinski definition) is 1. The number of thiophene rings is 1. The first-order valence-corrected chi connectivity index (χ1v) is 7.52. The van der Waals surface area contributed by atoms with E-state index in [9.17, 15) is 9.59 Å². The van der Waals surface area contributed by atoms with E-state index >= 15 is 0 Å². The van der Waals surface area contributed by atoms with Crippen LogP contribution < -0.4 is 0 Å². The van der Waals surface area contributed by atoms with Gasteiger partial charge in [0.05, 0.1) is 17.5 Å². The summed E-state index contributed by atoms with van der Waals surface area (Å²) in [5.74, 6) is -1.16. The van der Waals surface area contributed by atoms with Crippen molar-refractivity contribution in [3.63, 3.8) is 0 Å². The Bertz CT molecular complexity index is 663. The Morgan fingerprint density at radius 3 is 2.81 bits per heavy atom. The van der Waals surface area contributed by atoms with Gasteiger partial charge in [0.15, 0.2) is 6.10 Å². The van der Waals surface area contributed by atoms with Gasteiger partial charge in [-0.15, -0.1) is 11.3 Å². The van der Waals surface area contributed by atoms with Crippen LogP contribution in [0.15, 0.2) is 30.3 Å². The van der Waals surface area contributed by atoms with Gasteiger partial charge in [-0.1, -0.05) is 18.2 Å². The average Bonchev–Trinajstić information content (AvgIpc) is 2.89. The van der Waals surface area contributed by atoms with Gasteiger partial charge in [-0.2, -0.15) is 0 Å². The van der Waals surface area contributed by atoms with E-state index in [1.54, 1.807) is 11.8 Å². The molecule has 1 aliphatic heterocycles. The molecule has 21 heavy (non-hydrogen) atoms. The zero-order valence-electron chi connectivity index (χ0n) is 11.5. The molecule has 0 spiro atoms. The molecule has 0 aliphatic carbocycles. The summed E-state index contributed by atoms with van der Waals surface area (Å²) < 4.78 is 6.39. The Morgan fingerprint density at radius 2 is 2.10 bits per heavy atom. The van der Waals surface area contributed by atoms with Gasteiger partial charge in [-0.05, 0) is 24.4 Å². The molecule has 2 atom stereocenters. The van der Waals surface area contributed by atoms with Crippen LogP contribution in [0.4, 0.5) is 0 Å².